The molecule has 0 aliphatic heterocycles. The van der Waals surface area contributed by atoms with E-state index in [1.807, 2.05) is 0 Å². The highest BCUT2D eigenvalue weighted by atomic mass is 16.5. The fourth-order valence-electron chi connectivity index (χ4n) is 2.17. The van der Waals surface area contributed by atoms with E-state index < -0.39 is 0 Å². The Morgan fingerprint density at radius 3 is 2.79 bits per heavy atom. The molecule has 1 fully saturated rings. The van der Waals surface area contributed by atoms with Crippen LogP contribution in [0.1, 0.15) is 45.4 Å². The fourth-order valence-corrected chi connectivity index (χ4v) is 2.17. The average Bonchev–Trinajstić information content (AvgIpc) is 2.18. The maximum Gasteiger partial charge on any atom is 0.219 e. The van der Waals surface area contributed by atoms with Crippen molar-refractivity contribution in [3.63, 3.8) is 0 Å². The minimum atomic E-state index is -0.270. The van der Waals surface area contributed by atoms with Crippen LogP contribution in [0.25, 0.3) is 0 Å². The van der Waals surface area contributed by atoms with Crippen molar-refractivity contribution >= 4 is 5.91 Å². The van der Waals surface area contributed by atoms with Gasteiger partial charge in [-0.1, -0.05) is 26.2 Å². The highest BCUT2D eigenvalue weighted by Gasteiger charge is 2.23. The lowest BCUT2D eigenvalue weighted by atomic mass is 9.85. The molecule has 1 amide bonds. The SMILES string of the molecule is CCC1CCCCC1OCCC(N)=O. The van der Waals surface area contributed by atoms with Gasteiger partial charge >= 0.3 is 0 Å². The van der Waals surface area contributed by atoms with Crippen molar-refractivity contribution in [3.8, 4) is 0 Å². The Labute approximate surface area is 86.0 Å². The van der Waals surface area contributed by atoms with Crippen molar-refractivity contribution in [2.75, 3.05) is 6.61 Å². The van der Waals surface area contributed by atoms with Crippen molar-refractivity contribution in [1.29, 1.82) is 0 Å². The number of hydrogen-bond acceptors (Lipinski definition) is 2. The predicted octanol–water partition coefficient (Wildman–Crippen LogP) is 1.85. The monoisotopic (exact) mass is 199 g/mol. The van der Waals surface area contributed by atoms with Gasteiger partial charge in [-0.25, -0.2) is 0 Å². The molecule has 2 N–H and O–H groups in total. The molecule has 0 saturated heterocycles. The third-order valence-electron chi connectivity index (χ3n) is 3.04. The van der Waals surface area contributed by atoms with Gasteiger partial charge in [-0.3, -0.25) is 4.79 Å². The van der Waals surface area contributed by atoms with Crippen molar-refractivity contribution in [1.82, 2.24) is 0 Å². The van der Waals surface area contributed by atoms with Crippen LogP contribution in [0.2, 0.25) is 0 Å². The highest BCUT2D eigenvalue weighted by molar-refractivity contribution is 5.73. The molecular weight excluding hydrogens is 178 g/mol. The summed E-state index contributed by atoms with van der Waals surface area (Å²) in [6.07, 6.45) is 6.92. The van der Waals surface area contributed by atoms with E-state index in [9.17, 15) is 4.79 Å². The van der Waals surface area contributed by atoms with Crippen molar-refractivity contribution in [3.05, 3.63) is 0 Å². The average molecular weight is 199 g/mol. The lowest BCUT2D eigenvalue weighted by Gasteiger charge is -2.30. The lowest BCUT2D eigenvalue weighted by Crippen LogP contribution is -2.28. The van der Waals surface area contributed by atoms with Crippen LogP contribution in [0.15, 0.2) is 0 Å². The zero-order valence-electron chi connectivity index (χ0n) is 9.00. The summed E-state index contributed by atoms with van der Waals surface area (Å²) >= 11 is 0. The summed E-state index contributed by atoms with van der Waals surface area (Å²) in [4.78, 5) is 10.5. The number of amides is 1. The maximum absolute atomic E-state index is 10.5. The molecule has 0 aromatic heterocycles. The quantitative estimate of drug-likeness (QED) is 0.734. The van der Waals surface area contributed by atoms with Crippen LogP contribution in [0, 0.1) is 5.92 Å². The zero-order chi connectivity index (χ0) is 10.4. The van der Waals surface area contributed by atoms with Gasteiger partial charge in [0.25, 0.3) is 0 Å². The number of hydrogen-bond donors (Lipinski definition) is 1. The summed E-state index contributed by atoms with van der Waals surface area (Å²) in [6, 6.07) is 0. The lowest BCUT2D eigenvalue weighted by molar-refractivity contribution is -0.120. The summed E-state index contributed by atoms with van der Waals surface area (Å²) in [5.74, 6) is 0.422. The van der Waals surface area contributed by atoms with Crippen molar-refractivity contribution in [2.45, 2.75) is 51.6 Å². The number of primary amides is 1. The Morgan fingerprint density at radius 2 is 2.14 bits per heavy atom. The molecule has 0 aromatic carbocycles. The number of rotatable bonds is 5. The van der Waals surface area contributed by atoms with Gasteiger partial charge in [-0.05, 0) is 18.8 Å². The van der Waals surface area contributed by atoms with Gasteiger partial charge in [-0.15, -0.1) is 0 Å². The van der Waals surface area contributed by atoms with Crippen LogP contribution in [-0.4, -0.2) is 18.6 Å². The molecule has 82 valence electrons. The topological polar surface area (TPSA) is 52.3 Å². The van der Waals surface area contributed by atoms with Crippen LogP contribution in [0.4, 0.5) is 0 Å². The number of carbonyl (C=O) groups is 1. The van der Waals surface area contributed by atoms with Crippen LogP contribution >= 0.6 is 0 Å². The van der Waals surface area contributed by atoms with E-state index in [4.69, 9.17) is 10.5 Å². The molecule has 0 heterocycles. The summed E-state index contributed by atoms with van der Waals surface area (Å²) in [7, 11) is 0. The summed E-state index contributed by atoms with van der Waals surface area (Å²) in [5, 5.41) is 0. The second-order valence-corrected chi connectivity index (χ2v) is 4.08. The maximum atomic E-state index is 10.5. The second-order valence-electron chi connectivity index (χ2n) is 4.08. The molecule has 1 saturated carbocycles. The van der Waals surface area contributed by atoms with Crippen molar-refractivity contribution < 1.29 is 9.53 Å². The molecular formula is C11H21NO2. The molecule has 2 atom stereocenters. The smallest absolute Gasteiger partial charge is 0.219 e. The Bertz CT molecular complexity index is 182. The van der Waals surface area contributed by atoms with E-state index in [1.54, 1.807) is 0 Å². The van der Waals surface area contributed by atoms with Gasteiger partial charge < -0.3 is 10.5 Å². The van der Waals surface area contributed by atoms with Crippen LogP contribution in [0.5, 0.6) is 0 Å². The molecule has 0 radical (unpaired) electrons. The largest absolute Gasteiger partial charge is 0.377 e. The van der Waals surface area contributed by atoms with E-state index in [0.29, 0.717) is 25.0 Å². The molecule has 0 spiro atoms. The Kier molecular flexibility index (Phi) is 4.94. The highest BCUT2D eigenvalue weighted by Crippen LogP contribution is 2.28. The number of nitrogens with two attached hydrogens (primary N) is 1. The van der Waals surface area contributed by atoms with E-state index in [-0.39, 0.29) is 5.91 Å². The van der Waals surface area contributed by atoms with E-state index in [0.717, 1.165) is 6.42 Å². The van der Waals surface area contributed by atoms with Crippen molar-refractivity contribution in [2.24, 2.45) is 11.7 Å². The first-order valence-corrected chi connectivity index (χ1v) is 5.64. The summed E-state index contributed by atoms with van der Waals surface area (Å²) < 4.78 is 5.70. The van der Waals surface area contributed by atoms with Gasteiger partial charge in [-0.2, -0.15) is 0 Å². The first-order valence-electron chi connectivity index (χ1n) is 5.64. The zero-order valence-corrected chi connectivity index (χ0v) is 9.00. The second kappa shape index (κ2) is 6.02. The van der Waals surface area contributed by atoms with Gasteiger partial charge in [0, 0.05) is 6.42 Å². The van der Waals surface area contributed by atoms with Gasteiger partial charge in [0.2, 0.25) is 5.91 Å². The first kappa shape index (κ1) is 11.5. The minimum Gasteiger partial charge on any atom is -0.377 e. The Balaban J connectivity index is 2.22. The van der Waals surface area contributed by atoms with Gasteiger partial charge in [0.15, 0.2) is 0 Å². The van der Waals surface area contributed by atoms with E-state index in [2.05, 4.69) is 6.92 Å². The molecule has 1 aliphatic carbocycles. The number of ether oxygens (including phenoxy) is 1. The van der Waals surface area contributed by atoms with E-state index in [1.165, 1.54) is 25.7 Å². The molecule has 1 aliphatic rings. The third-order valence-corrected chi connectivity index (χ3v) is 3.04. The standard InChI is InChI=1S/C11H21NO2/c1-2-9-5-3-4-6-10(9)14-8-7-11(12)13/h9-10H,2-8H2,1H3,(H2,12,13). The molecule has 2 unspecified atom stereocenters. The molecule has 3 heteroatoms. The van der Waals surface area contributed by atoms with Gasteiger partial charge in [0.05, 0.1) is 12.7 Å². The molecule has 14 heavy (non-hydrogen) atoms. The Morgan fingerprint density at radius 1 is 1.43 bits per heavy atom. The van der Waals surface area contributed by atoms with E-state index >= 15 is 0 Å². The summed E-state index contributed by atoms with van der Waals surface area (Å²) in [5.41, 5.74) is 5.06. The summed E-state index contributed by atoms with van der Waals surface area (Å²) in [6.45, 7) is 2.71. The predicted molar refractivity (Wildman–Crippen MR) is 55.8 cm³/mol. The van der Waals surface area contributed by atoms with Gasteiger partial charge in [0.1, 0.15) is 0 Å². The van der Waals surface area contributed by atoms with Crippen LogP contribution in [-0.2, 0) is 9.53 Å². The molecule has 3 nitrogen and oxygen atoms in total. The first-order chi connectivity index (χ1) is 6.74. The van der Waals surface area contributed by atoms with Crippen LogP contribution < -0.4 is 5.73 Å². The molecule has 1 rings (SSSR count). The normalized spacial score (nSPS) is 27.5. The Hall–Kier alpha value is -0.570. The number of carbonyl (C=O) groups excluding carboxylic acids is 1. The minimum absolute atomic E-state index is 0.270. The molecule has 0 bridgehead atoms. The fraction of sp³-hybridized carbons (Fsp3) is 0.909. The third kappa shape index (κ3) is 3.66. The van der Waals surface area contributed by atoms with Crippen LogP contribution in [0.3, 0.4) is 0 Å². The molecule has 0 aromatic rings.